The zero-order chi connectivity index (χ0) is 22.5. The molecule has 0 saturated carbocycles. The standard InChI is InChI=1S/C23H19BrN2O5/c1-13(2)26-22(27)16(12-25)8-14-4-6-19(20(9-14)29-3)31-23(28)21-11-15-10-17(24)5-7-18(15)30-21/h4-11,13H,1-3H3,(H,26,27)/b16-8+. The van der Waals surface area contributed by atoms with Crippen LogP contribution in [0.1, 0.15) is 30.0 Å². The molecule has 1 N–H and O–H groups in total. The first-order valence-corrected chi connectivity index (χ1v) is 10.1. The number of hydrogen-bond acceptors (Lipinski definition) is 6. The number of amides is 1. The summed E-state index contributed by atoms with van der Waals surface area (Å²) in [6.45, 7) is 3.61. The van der Waals surface area contributed by atoms with Crippen LogP contribution in [-0.4, -0.2) is 25.0 Å². The largest absolute Gasteiger partial charge is 0.493 e. The number of halogens is 1. The van der Waals surface area contributed by atoms with Gasteiger partial charge in [-0.25, -0.2) is 4.79 Å². The number of carbonyl (C=O) groups excluding carboxylic acids is 2. The van der Waals surface area contributed by atoms with Crippen molar-refractivity contribution < 1.29 is 23.5 Å². The van der Waals surface area contributed by atoms with E-state index in [4.69, 9.17) is 13.9 Å². The Morgan fingerprint density at radius 2 is 1.94 bits per heavy atom. The Morgan fingerprint density at radius 1 is 1.16 bits per heavy atom. The average Bonchev–Trinajstić information content (AvgIpc) is 3.15. The molecular formula is C23H19BrN2O5. The second-order valence-electron chi connectivity index (χ2n) is 6.89. The van der Waals surface area contributed by atoms with E-state index in [-0.39, 0.29) is 28.9 Å². The van der Waals surface area contributed by atoms with Crippen LogP contribution in [0, 0.1) is 11.3 Å². The van der Waals surface area contributed by atoms with Gasteiger partial charge in [0.05, 0.1) is 7.11 Å². The Hall–Kier alpha value is -3.57. The van der Waals surface area contributed by atoms with E-state index in [9.17, 15) is 14.9 Å². The van der Waals surface area contributed by atoms with Crippen LogP contribution in [0.15, 0.2) is 56.9 Å². The lowest BCUT2D eigenvalue weighted by Gasteiger charge is -2.10. The van der Waals surface area contributed by atoms with Crippen molar-refractivity contribution in [3.05, 3.63) is 63.8 Å². The van der Waals surface area contributed by atoms with E-state index < -0.39 is 11.9 Å². The second kappa shape index (κ2) is 9.49. The molecule has 0 fully saturated rings. The first kappa shape index (κ1) is 22.1. The Morgan fingerprint density at radius 3 is 2.61 bits per heavy atom. The van der Waals surface area contributed by atoms with Gasteiger partial charge in [-0.15, -0.1) is 0 Å². The third-order valence-electron chi connectivity index (χ3n) is 4.17. The molecule has 0 spiro atoms. The fourth-order valence-electron chi connectivity index (χ4n) is 2.78. The molecule has 158 valence electrons. The number of carbonyl (C=O) groups is 2. The number of rotatable bonds is 6. The lowest BCUT2D eigenvalue weighted by Crippen LogP contribution is -2.30. The van der Waals surface area contributed by atoms with Crippen molar-refractivity contribution in [1.82, 2.24) is 5.32 Å². The monoisotopic (exact) mass is 482 g/mol. The molecule has 2 aromatic carbocycles. The van der Waals surface area contributed by atoms with Crippen LogP contribution >= 0.6 is 15.9 Å². The first-order valence-electron chi connectivity index (χ1n) is 9.32. The number of furan rings is 1. The van der Waals surface area contributed by atoms with Crippen LogP contribution in [-0.2, 0) is 4.79 Å². The van der Waals surface area contributed by atoms with Gasteiger partial charge in [-0.3, -0.25) is 4.79 Å². The number of nitrogens with one attached hydrogen (secondary N) is 1. The lowest BCUT2D eigenvalue weighted by molar-refractivity contribution is -0.117. The predicted octanol–water partition coefficient (Wildman–Crippen LogP) is 4.85. The number of hydrogen-bond donors (Lipinski definition) is 1. The third kappa shape index (κ3) is 5.32. The van der Waals surface area contributed by atoms with E-state index in [0.29, 0.717) is 11.1 Å². The first-order chi connectivity index (χ1) is 14.8. The number of nitrogens with zero attached hydrogens (tertiary/aromatic N) is 1. The summed E-state index contributed by atoms with van der Waals surface area (Å²) in [4.78, 5) is 24.6. The van der Waals surface area contributed by atoms with Gasteiger partial charge in [-0.05, 0) is 61.9 Å². The smallest absolute Gasteiger partial charge is 0.379 e. The highest BCUT2D eigenvalue weighted by Gasteiger charge is 2.18. The maximum atomic E-state index is 12.5. The Bertz CT molecular complexity index is 1220. The van der Waals surface area contributed by atoms with E-state index >= 15 is 0 Å². The Labute approximate surface area is 187 Å². The van der Waals surface area contributed by atoms with Crippen molar-refractivity contribution in [1.29, 1.82) is 5.26 Å². The van der Waals surface area contributed by atoms with Crippen molar-refractivity contribution >= 4 is 44.9 Å². The highest BCUT2D eigenvalue weighted by atomic mass is 79.9. The molecule has 8 heteroatoms. The minimum Gasteiger partial charge on any atom is -0.493 e. The number of esters is 1. The van der Waals surface area contributed by atoms with Crippen molar-refractivity contribution in [2.24, 2.45) is 0 Å². The van der Waals surface area contributed by atoms with Crippen LogP contribution < -0.4 is 14.8 Å². The minimum absolute atomic E-state index is 0.0473. The number of fused-ring (bicyclic) bond motifs is 1. The highest BCUT2D eigenvalue weighted by Crippen LogP contribution is 2.31. The quantitative estimate of drug-likeness (QED) is 0.233. The molecule has 3 aromatic rings. The molecule has 0 radical (unpaired) electrons. The van der Waals surface area contributed by atoms with Crippen LogP contribution in [0.2, 0.25) is 0 Å². The topological polar surface area (TPSA) is 102 Å². The molecule has 0 aliphatic heterocycles. The van der Waals surface area contributed by atoms with E-state index in [1.807, 2.05) is 18.2 Å². The summed E-state index contributed by atoms with van der Waals surface area (Å²) in [6.07, 6.45) is 1.43. The van der Waals surface area contributed by atoms with Gasteiger partial charge in [0.1, 0.15) is 17.2 Å². The molecule has 0 saturated heterocycles. The van der Waals surface area contributed by atoms with Gasteiger partial charge >= 0.3 is 5.97 Å². The van der Waals surface area contributed by atoms with Crippen molar-refractivity contribution in [3.8, 4) is 17.6 Å². The molecule has 0 unspecified atom stereocenters. The lowest BCUT2D eigenvalue weighted by atomic mass is 10.1. The zero-order valence-electron chi connectivity index (χ0n) is 17.1. The molecule has 0 aliphatic carbocycles. The van der Waals surface area contributed by atoms with Gasteiger partial charge in [-0.1, -0.05) is 22.0 Å². The molecule has 3 rings (SSSR count). The van der Waals surface area contributed by atoms with Gasteiger partial charge in [0, 0.05) is 15.9 Å². The number of benzene rings is 2. The van der Waals surface area contributed by atoms with Gasteiger partial charge < -0.3 is 19.2 Å². The Balaban J connectivity index is 1.83. The summed E-state index contributed by atoms with van der Waals surface area (Å²) in [5.74, 6) is -0.651. The molecule has 31 heavy (non-hydrogen) atoms. The molecule has 0 aliphatic rings. The fourth-order valence-corrected chi connectivity index (χ4v) is 3.16. The van der Waals surface area contributed by atoms with Crippen molar-refractivity contribution in [3.63, 3.8) is 0 Å². The number of ether oxygens (including phenoxy) is 2. The normalized spacial score (nSPS) is 11.3. The third-order valence-corrected chi connectivity index (χ3v) is 4.66. The summed E-state index contributed by atoms with van der Waals surface area (Å²) in [6, 6.07) is 13.5. The van der Waals surface area contributed by atoms with Crippen LogP contribution in [0.3, 0.4) is 0 Å². The molecule has 0 bridgehead atoms. The zero-order valence-corrected chi connectivity index (χ0v) is 18.6. The summed E-state index contributed by atoms with van der Waals surface area (Å²) in [7, 11) is 1.43. The van der Waals surface area contributed by atoms with Crippen LogP contribution in [0.5, 0.6) is 11.5 Å². The van der Waals surface area contributed by atoms with E-state index in [2.05, 4.69) is 21.2 Å². The van der Waals surface area contributed by atoms with Gasteiger partial charge in [0.2, 0.25) is 5.76 Å². The van der Waals surface area contributed by atoms with Crippen LogP contribution in [0.25, 0.3) is 17.0 Å². The average molecular weight is 483 g/mol. The molecule has 7 nitrogen and oxygen atoms in total. The minimum atomic E-state index is -0.678. The van der Waals surface area contributed by atoms with Gasteiger partial charge in [-0.2, -0.15) is 5.26 Å². The molecule has 1 aromatic heterocycles. The fraction of sp³-hybridized carbons (Fsp3) is 0.174. The van der Waals surface area contributed by atoms with E-state index in [0.717, 1.165) is 9.86 Å². The summed E-state index contributed by atoms with van der Waals surface area (Å²) >= 11 is 3.38. The van der Waals surface area contributed by atoms with Gasteiger partial charge in [0.25, 0.3) is 5.91 Å². The van der Waals surface area contributed by atoms with Crippen molar-refractivity contribution in [2.75, 3.05) is 7.11 Å². The summed E-state index contributed by atoms with van der Waals surface area (Å²) in [5, 5.41) is 12.7. The molecule has 1 amide bonds. The Kier molecular flexibility index (Phi) is 6.78. The molecular weight excluding hydrogens is 464 g/mol. The van der Waals surface area contributed by atoms with Crippen molar-refractivity contribution in [2.45, 2.75) is 19.9 Å². The SMILES string of the molecule is COc1cc(/C=C(\C#N)C(=O)NC(C)C)ccc1OC(=O)c1cc2cc(Br)ccc2o1. The van der Waals surface area contributed by atoms with E-state index in [1.165, 1.54) is 19.3 Å². The maximum absolute atomic E-state index is 12.5. The predicted molar refractivity (Wildman–Crippen MR) is 119 cm³/mol. The molecule has 1 heterocycles. The summed E-state index contributed by atoms with van der Waals surface area (Å²) < 4.78 is 17.2. The maximum Gasteiger partial charge on any atom is 0.379 e. The molecule has 0 atom stereocenters. The summed E-state index contributed by atoms with van der Waals surface area (Å²) in [5.41, 5.74) is 1.06. The second-order valence-corrected chi connectivity index (χ2v) is 7.81. The van der Waals surface area contributed by atoms with E-state index in [1.54, 1.807) is 38.1 Å². The van der Waals surface area contributed by atoms with Gasteiger partial charge in [0.15, 0.2) is 11.5 Å². The van der Waals surface area contributed by atoms with Crippen LogP contribution in [0.4, 0.5) is 0 Å². The number of methoxy groups -OCH3 is 1. The highest BCUT2D eigenvalue weighted by molar-refractivity contribution is 9.10. The number of nitriles is 1.